The molecule has 1 amide bonds. The lowest BCUT2D eigenvalue weighted by Crippen LogP contribution is -2.62. The van der Waals surface area contributed by atoms with E-state index in [9.17, 15) is 4.21 Å². The summed E-state index contributed by atoms with van der Waals surface area (Å²) in [4.78, 5) is 17.1. The van der Waals surface area contributed by atoms with Crippen LogP contribution in [0.25, 0.3) is 0 Å². The third-order valence-electron chi connectivity index (χ3n) is 7.44. The first-order valence-corrected chi connectivity index (χ1v) is 18.8. The van der Waals surface area contributed by atoms with Gasteiger partial charge in [0.15, 0.2) is 5.60 Å². The molecule has 1 unspecified atom stereocenters. The van der Waals surface area contributed by atoms with Crippen molar-refractivity contribution in [3.8, 4) is 0 Å². The highest BCUT2D eigenvalue weighted by molar-refractivity contribution is 9.10. The van der Waals surface area contributed by atoms with Crippen LogP contribution in [-0.2, 0) is 25.8 Å². The molecule has 0 saturated carbocycles. The van der Waals surface area contributed by atoms with Crippen LogP contribution < -0.4 is 9.91 Å². The molecule has 214 valence electrons. The van der Waals surface area contributed by atoms with Crippen molar-refractivity contribution in [1.29, 1.82) is 0 Å². The minimum Gasteiger partial charge on any atom is -0.394 e. The fourth-order valence-electron chi connectivity index (χ4n) is 5.22. The normalized spacial score (nSPS) is 17.6. The lowest BCUT2D eigenvalue weighted by Gasteiger charge is -2.47. The summed E-state index contributed by atoms with van der Waals surface area (Å²) < 4.78 is 25.1. The van der Waals surface area contributed by atoms with Crippen molar-refractivity contribution in [2.45, 2.75) is 69.5 Å². The highest BCUT2D eigenvalue weighted by Gasteiger charge is 2.55. The second-order valence-electron chi connectivity index (χ2n) is 11.9. The molecule has 3 aromatic carbocycles. The monoisotopic (exact) mass is 640 g/mol. The molecular formula is C32H41BrN2O3SSi. The summed E-state index contributed by atoms with van der Waals surface area (Å²) >= 11 is 3.56. The first-order valence-electron chi connectivity index (χ1n) is 14.0. The number of benzene rings is 3. The van der Waals surface area contributed by atoms with E-state index in [2.05, 4.69) is 45.9 Å². The van der Waals surface area contributed by atoms with Gasteiger partial charge in [0.25, 0.3) is 5.91 Å². The molecule has 5 nitrogen and oxygen atoms in total. The Balaban J connectivity index is 2.02. The maximum atomic E-state index is 15.1. The Bertz CT molecular complexity index is 1290. The van der Waals surface area contributed by atoms with Crippen molar-refractivity contribution < 1.29 is 13.4 Å². The molecule has 1 heterocycles. The molecule has 8 heteroatoms. The highest BCUT2D eigenvalue weighted by atomic mass is 79.9. The van der Waals surface area contributed by atoms with Crippen molar-refractivity contribution in [2.75, 3.05) is 13.1 Å². The third kappa shape index (κ3) is 6.85. The Kier molecular flexibility index (Phi) is 9.89. The van der Waals surface area contributed by atoms with E-state index >= 15 is 4.79 Å². The smallest absolute Gasteiger partial charge is 0.260 e. The summed E-state index contributed by atoms with van der Waals surface area (Å²) in [5.41, 5.74) is 0.139. The minimum absolute atomic E-state index is 0.0822. The zero-order valence-corrected chi connectivity index (χ0v) is 27.6. The van der Waals surface area contributed by atoms with E-state index in [4.69, 9.17) is 4.43 Å². The number of carbonyl (C=O) groups is 1. The number of amides is 1. The Morgan fingerprint density at radius 1 is 0.900 bits per heavy atom. The lowest BCUT2D eigenvalue weighted by atomic mass is 9.81. The standard InChI is InChI=1S/C32H41BrN2O3SSi/c1-31(2,3)39(37)34-29(25-19-21-27(33)22-20-25)32(26-15-9-6-10-16-26,30(36)35-23-13-8-14-24-35)38-40(4,5)28-17-11-7-12-18-28/h6-7,9-12,15-22,29,34H,8,13-14,23-24H2,1-5H3/t29-,32-,39?/m1/s1. The van der Waals surface area contributed by atoms with E-state index in [0.29, 0.717) is 13.1 Å². The average Bonchev–Trinajstić information content (AvgIpc) is 2.96. The van der Waals surface area contributed by atoms with Crippen molar-refractivity contribution in [2.24, 2.45) is 0 Å². The Morgan fingerprint density at radius 2 is 1.45 bits per heavy atom. The largest absolute Gasteiger partial charge is 0.394 e. The number of halogens is 1. The second kappa shape index (κ2) is 12.8. The van der Waals surface area contributed by atoms with Crippen LogP contribution in [0.3, 0.4) is 0 Å². The maximum absolute atomic E-state index is 15.1. The number of nitrogens with zero attached hydrogens (tertiary/aromatic N) is 1. The average molecular weight is 642 g/mol. The van der Waals surface area contributed by atoms with Crippen LogP contribution in [0.1, 0.15) is 57.2 Å². The number of hydrogen-bond donors (Lipinski definition) is 1. The Labute approximate surface area is 251 Å². The molecule has 3 aromatic rings. The van der Waals surface area contributed by atoms with Gasteiger partial charge in [0.2, 0.25) is 8.32 Å². The second-order valence-corrected chi connectivity index (χ2v) is 18.6. The molecule has 4 rings (SSSR count). The topological polar surface area (TPSA) is 58.6 Å². The van der Waals surface area contributed by atoms with Crippen LogP contribution in [0.4, 0.5) is 0 Å². The van der Waals surface area contributed by atoms with Crippen LogP contribution in [0.5, 0.6) is 0 Å². The van der Waals surface area contributed by atoms with E-state index < -0.39 is 35.7 Å². The summed E-state index contributed by atoms with van der Waals surface area (Å²) in [7, 11) is -4.21. The summed E-state index contributed by atoms with van der Waals surface area (Å²) in [6, 6.07) is 27.2. The zero-order chi connectivity index (χ0) is 29.0. The fourth-order valence-corrected chi connectivity index (χ4v) is 8.59. The summed E-state index contributed by atoms with van der Waals surface area (Å²) in [5.74, 6) is -0.0822. The number of hydrogen-bond acceptors (Lipinski definition) is 3. The SMILES string of the molecule is CC(C)(C)S(=O)N[C@H](c1ccc(Br)cc1)[C@@](O[Si](C)(C)c1ccccc1)(C(=O)N1CCCCC1)c1ccccc1. The third-order valence-corrected chi connectivity index (χ3v) is 12.1. The summed E-state index contributed by atoms with van der Waals surface area (Å²) in [6.07, 6.45) is 3.02. The molecule has 1 aliphatic rings. The van der Waals surface area contributed by atoms with Gasteiger partial charge in [0.1, 0.15) is 0 Å². The molecule has 40 heavy (non-hydrogen) atoms. The molecule has 0 aromatic heterocycles. The van der Waals surface area contributed by atoms with Crippen LogP contribution >= 0.6 is 15.9 Å². The van der Waals surface area contributed by atoms with E-state index in [-0.39, 0.29) is 5.91 Å². The molecule has 3 atom stereocenters. The van der Waals surface area contributed by atoms with Gasteiger partial charge in [-0.3, -0.25) is 4.79 Å². The summed E-state index contributed by atoms with van der Waals surface area (Å²) in [6.45, 7) is 11.5. The molecule has 1 fully saturated rings. The van der Waals surface area contributed by atoms with Crippen LogP contribution in [0.15, 0.2) is 89.4 Å². The van der Waals surface area contributed by atoms with E-state index in [1.54, 1.807) is 0 Å². The molecule has 1 saturated heterocycles. The van der Waals surface area contributed by atoms with Gasteiger partial charge < -0.3 is 9.33 Å². The van der Waals surface area contributed by atoms with Gasteiger partial charge in [0, 0.05) is 17.6 Å². The number of rotatable bonds is 9. The quantitative estimate of drug-likeness (QED) is 0.269. The minimum atomic E-state index is -2.72. The number of piperidine rings is 1. The van der Waals surface area contributed by atoms with Crippen molar-refractivity contribution in [3.63, 3.8) is 0 Å². The van der Waals surface area contributed by atoms with Gasteiger partial charge in [0.05, 0.1) is 21.8 Å². The van der Waals surface area contributed by atoms with Gasteiger partial charge in [-0.2, -0.15) is 0 Å². The number of likely N-dealkylation sites (tertiary alicyclic amines) is 1. The van der Waals surface area contributed by atoms with Crippen molar-refractivity contribution >= 4 is 46.3 Å². The summed E-state index contributed by atoms with van der Waals surface area (Å²) in [5, 5.41) is 1.09. The molecule has 0 spiro atoms. The predicted molar refractivity (Wildman–Crippen MR) is 171 cm³/mol. The van der Waals surface area contributed by atoms with E-state index in [1.807, 2.05) is 98.5 Å². The van der Waals surface area contributed by atoms with E-state index in [1.165, 1.54) is 0 Å². The van der Waals surface area contributed by atoms with Gasteiger partial charge in [-0.1, -0.05) is 88.7 Å². The fraction of sp³-hybridized carbons (Fsp3) is 0.406. The molecule has 0 radical (unpaired) electrons. The van der Waals surface area contributed by atoms with Crippen molar-refractivity contribution in [1.82, 2.24) is 9.62 Å². The molecule has 0 aliphatic carbocycles. The highest BCUT2D eigenvalue weighted by Crippen LogP contribution is 2.44. The van der Waals surface area contributed by atoms with Gasteiger partial charge in [-0.25, -0.2) is 8.93 Å². The van der Waals surface area contributed by atoms with Gasteiger partial charge in [-0.15, -0.1) is 0 Å². The van der Waals surface area contributed by atoms with Crippen LogP contribution in [0, 0.1) is 0 Å². The zero-order valence-electron chi connectivity index (χ0n) is 24.2. The Hall–Kier alpha value is -2.10. The first-order chi connectivity index (χ1) is 18.9. The molecule has 0 bridgehead atoms. The lowest BCUT2D eigenvalue weighted by molar-refractivity contribution is -0.154. The van der Waals surface area contributed by atoms with Gasteiger partial charge >= 0.3 is 0 Å². The van der Waals surface area contributed by atoms with E-state index in [0.717, 1.165) is 40.0 Å². The molecular weight excluding hydrogens is 600 g/mol. The molecule has 1 N–H and O–H groups in total. The number of carbonyl (C=O) groups excluding carboxylic acids is 1. The van der Waals surface area contributed by atoms with Crippen molar-refractivity contribution in [3.05, 3.63) is 101 Å². The van der Waals surface area contributed by atoms with Gasteiger partial charge in [-0.05, 0) is 81.6 Å². The first kappa shape index (κ1) is 30.8. The van der Waals surface area contributed by atoms with Crippen LogP contribution in [0.2, 0.25) is 13.1 Å². The molecule has 1 aliphatic heterocycles. The number of nitrogens with one attached hydrogen (secondary N) is 1. The maximum Gasteiger partial charge on any atom is 0.260 e. The van der Waals surface area contributed by atoms with Crippen LogP contribution in [-0.4, -0.2) is 41.2 Å². The predicted octanol–water partition coefficient (Wildman–Crippen LogP) is 6.58. The Morgan fingerprint density at radius 3 is 2.00 bits per heavy atom.